The fraction of sp³-hybridized carbons (Fsp3) is 0.900. The summed E-state index contributed by atoms with van der Waals surface area (Å²) in [6, 6.07) is 0. The molecule has 0 aromatic rings. The van der Waals surface area contributed by atoms with Crippen molar-refractivity contribution >= 4 is 6.09 Å². The molecule has 0 heterocycles. The van der Waals surface area contributed by atoms with Gasteiger partial charge in [-0.2, -0.15) is 0 Å². The van der Waals surface area contributed by atoms with Gasteiger partial charge in [-0.05, 0) is 33.6 Å². The highest BCUT2D eigenvalue weighted by molar-refractivity contribution is 5.67. The SMILES string of the molecule is CC(C)(C)OC(=O)NCCCCCNO. The number of hydroxylamine groups is 1. The van der Waals surface area contributed by atoms with Crippen LogP contribution in [0.3, 0.4) is 0 Å². The van der Waals surface area contributed by atoms with Gasteiger partial charge in [0.25, 0.3) is 0 Å². The molecule has 0 saturated carbocycles. The highest BCUT2D eigenvalue weighted by Crippen LogP contribution is 2.06. The minimum absolute atomic E-state index is 0.372. The topological polar surface area (TPSA) is 70.6 Å². The van der Waals surface area contributed by atoms with Gasteiger partial charge in [0.05, 0.1) is 0 Å². The summed E-state index contributed by atoms with van der Waals surface area (Å²) in [5, 5.41) is 11.0. The molecule has 0 radical (unpaired) electrons. The first kappa shape index (κ1) is 14.2. The summed E-state index contributed by atoms with van der Waals surface area (Å²) < 4.78 is 5.06. The van der Waals surface area contributed by atoms with Crippen LogP contribution in [0.1, 0.15) is 40.0 Å². The van der Waals surface area contributed by atoms with Crippen molar-refractivity contribution in [3.8, 4) is 0 Å². The maximum atomic E-state index is 11.2. The zero-order valence-electron chi connectivity index (χ0n) is 9.80. The molecule has 0 fully saturated rings. The molecule has 0 bridgehead atoms. The fourth-order valence-corrected chi connectivity index (χ4v) is 1.01. The third kappa shape index (κ3) is 11.1. The van der Waals surface area contributed by atoms with Crippen molar-refractivity contribution in [1.82, 2.24) is 10.8 Å². The molecule has 0 aliphatic heterocycles. The maximum Gasteiger partial charge on any atom is 0.407 e. The van der Waals surface area contributed by atoms with Crippen molar-refractivity contribution in [2.24, 2.45) is 0 Å². The second-order valence-corrected chi connectivity index (χ2v) is 4.40. The smallest absolute Gasteiger partial charge is 0.407 e. The molecule has 15 heavy (non-hydrogen) atoms. The van der Waals surface area contributed by atoms with Crippen molar-refractivity contribution in [1.29, 1.82) is 0 Å². The molecule has 0 aromatic carbocycles. The van der Waals surface area contributed by atoms with Crippen LogP contribution in [0, 0.1) is 0 Å². The van der Waals surface area contributed by atoms with Crippen LogP contribution in [0.5, 0.6) is 0 Å². The van der Waals surface area contributed by atoms with Gasteiger partial charge in [-0.3, -0.25) is 0 Å². The Morgan fingerprint density at radius 1 is 1.20 bits per heavy atom. The normalized spacial score (nSPS) is 11.2. The summed E-state index contributed by atoms with van der Waals surface area (Å²) in [5.74, 6) is 0. The van der Waals surface area contributed by atoms with Gasteiger partial charge in [0.15, 0.2) is 0 Å². The molecule has 90 valence electrons. The van der Waals surface area contributed by atoms with Crippen LogP contribution < -0.4 is 10.8 Å². The lowest BCUT2D eigenvalue weighted by Gasteiger charge is -2.19. The van der Waals surface area contributed by atoms with Gasteiger partial charge >= 0.3 is 6.09 Å². The van der Waals surface area contributed by atoms with E-state index < -0.39 is 5.60 Å². The van der Waals surface area contributed by atoms with E-state index in [-0.39, 0.29) is 6.09 Å². The Bertz CT molecular complexity index is 178. The van der Waals surface area contributed by atoms with E-state index in [2.05, 4.69) is 10.8 Å². The zero-order chi connectivity index (χ0) is 11.7. The largest absolute Gasteiger partial charge is 0.444 e. The highest BCUT2D eigenvalue weighted by atomic mass is 16.6. The summed E-state index contributed by atoms with van der Waals surface area (Å²) in [7, 11) is 0. The maximum absolute atomic E-state index is 11.2. The first-order valence-electron chi connectivity index (χ1n) is 5.29. The van der Waals surface area contributed by atoms with Gasteiger partial charge in [0.1, 0.15) is 5.60 Å². The quantitative estimate of drug-likeness (QED) is 0.468. The van der Waals surface area contributed by atoms with Crippen molar-refractivity contribution < 1.29 is 14.7 Å². The number of nitrogens with one attached hydrogen (secondary N) is 2. The summed E-state index contributed by atoms with van der Waals surface area (Å²) >= 11 is 0. The predicted molar refractivity (Wildman–Crippen MR) is 57.9 cm³/mol. The number of carbonyl (C=O) groups is 1. The molecule has 0 aliphatic rings. The lowest BCUT2D eigenvalue weighted by molar-refractivity contribution is 0.0526. The molecule has 0 atom stereocenters. The monoisotopic (exact) mass is 218 g/mol. The summed E-state index contributed by atoms with van der Waals surface area (Å²) in [6.45, 7) is 6.70. The van der Waals surface area contributed by atoms with Crippen molar-refractivity contribution in [3.63, 3.8) is 0 Å². The molecule has 1 amide bonds. The van der Waals surface area contributed by atoms with E-state index in [1.165, 1.54) is 0 Å². The van der Waals surface area contributed by atoms with Crippen LogP contribution in [-0.4, -0.2) is 30.0 Å². The van der Waals surface area contributed by atoms with E-state index in [0.717, 1.165) is 19.3 Å². The van der Waals surface area contributed by atoms with E-state index in [1.54, 1.807) is 0 Å². The van der Waals surface area contributed by atoms with Gasteiger partial charge in [-0.1, -0.05) is 6.42 Å². The molecule has 0 aromatic heterocycles. The van der Waals surface area contributed by atoms with Gasteiger partial charge < -0.3 is 15.3 Å². The van der Waals surface area contributed by atoms with E-state index in [9.17, 15) is 4.79 Å². The number of rotatable bonds is 6. The van der Waals surface area contributed by atoms with Crippen molar-refractivity contribution in [3.05, 3.63) is 0 Å². The number of hydrogen-bond donors (Lipinski definition) is 3. The van der Waals surface area contributed by atoms with E-state index >= 15 is 0 Å². The average molecular weight is 218 g/mol. The number of carbonyl (C=O) groups excluding carboxylic acids is 1. The Labute approximate surface area is 91.1 Å². The Morgan fingerprint density at radius 2 is 1.80 bits per heavy atom. The summed E-state index contributed by atoms with van der Waals surface area (Å²) in [5.41, 5.74) is 1.65. The van der Waals surface area contributed by atoms with Crippen molar-refractivity contribution in [2.45, 2.75) is 45.6 Å². The van der Waals surface area contributed by atoms with Gasteiger partial charge in [0.2, 0.25) is 0 Å². The average Bonchev–Trinajstić information content (AvgIpc) is 2.08. The molecule has 5 nitrogen and oxygen atoms in total. The van der Waals surface area contributed by atoms with Gasteiger partial charge in [0, 0.05) is 13.1 Å². The summed E-state index contributed by atoms with van der Waals surface area (Å²) in [4.78, 5) is 11.2. The number of hydrogen-bond acceptors (Lipinski definition) is 4. The van der Waals surface area contributed by atoms with Crippen LogP contribution in [0.15, 0.2) is 0 Å². The Balaban J connectivity index is 3.32. The standard InChI is InChI=1S/C10H22N2O3/c1-10(2,3)15-9(13)11-7-5-4-6-8-12-14/h12,14H,4-8H2,1-3H3,(H,11,13). The number of unbranched alkanes of at least 4 members (excludes halogenated alkanes) is 2. The lowest BCUT2D eigenvalue weighted by Crippen LogP contribution is -2.33. The van der Waals surface area contributed by atoms with Gasteiger partial charge in [-0.25, -0.2) is 10.3 Å². The minimum atomic E-state index is -0.440. The fourth-order valence-electron chi connectivity index (χ4n) is 1.01. The predicted octanol–water partition coefficient (Wildman–Crippen LogP) is 1.66. The molecule has 3 N–H and O–H groups in total. The Morgan fingerprint density at radius 3 is 2.33 bits per heavy atom. The molecular weight excluding hydrogens is 196 g/mol. The number of ether oxygens (including phenoxy) is 1. The third-order valence-corrected chi connectivity index (χ3v) is 1.63. The highest BCUT2D eigenvalue weighted by Gasteiger charge is 2.15. The first-order valence-corrected chi connectivity index (χ1v) is 5.29. The van der Waals surface area contributed by atoms with Crippen LogP contribution in [-0.2, 0) is 4.74 Å². The first-order chi connectivity index (χ1) is 6.95. The molecule has 0 rings (SSSR count). The third-order valence-electron chi connectivity index (χ3n) is 1.63. The molecule has 0 spiro atoms. The van der Waals surface area contributed by atoms with Crippen molar-refractivity contribution in [2.75, 3.05) is 13.1 Å². The van der Waals surface area contributed by atoms with Crippen LogP contribution in [0.4, 0.5) is 4.79 Å². The molecule has 5 heteroatoms. The van der Waals surface area contributed by atoms with Crippen LogP contribution in [0.2, 0.25) is 0 Å². The van der Waals surface area contributed by atoms with Gasteiger partial charge in [-0.15, -0.1) is 0 Å². The number of amides is 1. The van der Waals surface area contributed by atoms with E-state index in [1.807, 2.05) is 20.8 Å². The Hall–Kier alpha value is -0.810. The second-order valence-electron chi connectivity index (χ2n) is 4.40. The molecule has 0 unspecified atom stereocenters. The Kier molecular flexibility index (Phi) is 7.07. The van der Waals surface area contributed by atoms with Crippen LogP contribution in [0.25, 0.3) is 0 Å². The van der Waals surface area contributed by atoms with Crippen LogP contribution >= 0.6 is 0 Å². The number of alkyl carbamates (subject to hydrolysis) is 1. The van der Waals surface area contributed by atoms with E-state index in [0.29, 0.717) is 13.1 Å². The minimum Gasteiger partial charge on any atom is -0.444 e. The second kappa shape index (κ2) is 7.48. The molecule has 0 aliphatic carbocycles. The molecular formula is C10H22N2O3. The van der Waals surface area contributed by atoms with E-state index in [4.69, 9.17) is 9.94 Å². The summed E-state index contributed by atoms with van der Waals surface area (Å²) in [6.07, 6.45) is 2.37. The lowest BCUT2D eigenvalue weighted by atomic mass is 10.2. The molecule has 0 saturated heterocycles. The zero-order valence-corrected chi connectivity index (χ0v) is 9.80.